The number of ether oxygens (including phenoxy) is 1. The normalized spacial score (nSPS) is 17.7. The molecule has 1 amide bonds. The summed E-state index contributed by atoms with van der Waals surface area (Å²) in [6.45, 7) is 7.20. The summed E-state index contributed by atoms with van der Waals surface area (Å²) in [5.41, 5.74) is 12.5. The van der Waals surface area contributed by atoms with Crippen molar-refractivity contribution in [2.75, 3.05) is 45.1 Å². The highest BCUT2D eigenvalue weighted by Crippen LogP contribution is 2.37. The number of carbonyl (C=O) groups is 1. The smallest absolute Gasteiger partial charge is 0.239 e. The average molecular weight is 565 g/mol. The molecule has 1 unspecified atom stereocenters. The second-order valence-corrected chi connectivity index (χ2v) is 11.4. The zero-order valence-corrected chi connectivity index (χ0v) is 23.9. The molecule has 2 fully saturated rings. The highest BCUT2D eigenvalue weighted by atomic mass is 16.5. The Morgan fingerprint density at radius 3 is 2.62 bits per heavy atom. The molecule has 2 saturated heterocycles. The van der Waals surface area contributed by atoms with E-state index in [4.69, 9.17) is 15.6 Å². The van der Waals surface area contributed by atoms with Crippen LogP contribution in [0.1, 0.15) is 36.9 Å². The molecule has 2 aliphatic heterocycles. The van der Waals surface area contributed by atoms with Gasteiger partial charge in [0, 0.05) is 54.9 Å². The lowest BCUT2D eigenvalue weighted by Crippen LogP contribution is -2.52. The van der Waals surface area contributed by atoms with Gasteiger partial charge in [-0.25, -0.2) is 9.50 Å². The lowest BCUT2D eigenvalue weighted by Gasteiger charge is -2.37. The summed E-state index contributed by atoms with van der Waals surface area (Å²) in [6, 6.07) is 18.8. The molecule has 10 nitrogen and oxygen atoms in total. The largest absolute Gasteiger partial charge is 0.382 e. The highest BCUT2D eigenvalue weighted by molar-refractivity contribution is 5.92. The lowest BCUT2D eigenvalue weighted by atomic mass is 9.92. The van der Waals surface area contributed by atoms with Crippen molar-refractivity contribution >= 4 is 28.1 Å². The Bertz CT molecular complexity index is 1720. The summed E-state index contributed by atoms with van der Waals surface area (Å²) in [6.07, 6.45) is 5.36. The van der Waals surface area contributed by atoms with Crippen LogP contribution in [-0.2, 0) is 16.1 Å². The van der Waals surface area contributed by atoms with Crippen LogP contribution in [0.3, 0.4) is 0 Å². The zero-order valence-electron chi connectivity index (χ0n) is 23.9. The van der Waals surface area contributed by atoms with Crippen molar-refractivity contribution in [2.24, 2.45) is 0 Å². The molecule has 0 aliphatic carbocycles. The molecule has 2 aliphatic rings. The molecular weight excluding hydrogens is 528 g/mol. The highest BCUT2D eigenvalue weighted by Gasteiger charge is 2.32. The second-order valence-electron chi connectivity index (χ2n) is 11.4. The fourth-order valence-electron chi connectivity index (χ4n) is 6.47. The minimum absolute atomic E-state index is 0.121. The Hall–Kier alpha value is -4.28. The van der Waals surface area contributed by atoms with Gasteiger partial charge in [-0.1, -0.05) is 42.5 Å². The van der Waals surface area contributed by atoms with Gasteiger partial charge in [-0.15, -0.1) is 0 Å². The number of rotatable bonds is 6. The van der Waals surface area contributed by atoms with Gasteiger partial charge < -0.3 is 15.4 Å². The number of nitrogens with two attached hydrogens (primary N) is 1. The number of nitrogen functional groups attached to an aromatic ring is 1. The van der Waals surface area contributed by atoms with Gasteiger partial charge in [0.2, 0.25) is 5.91 Å². The lowest BCUT2D eigenvalue weighted by molar-refractivity contribution is -0.139. The molecule has 5 aromatic rings. The number of nitrogens with zero attached hydrogens (tertiary/aromatic N) is 7. The van der Waals surface area contributed by atoms with Crippen molar-refractivity contribution < 1.29 is 9.53 Å². The van der Waals surface area contributed by atoms with E-state index in [0.717, 1.165) is 78.8 Å². The van der Waals surface area contributed by atoms with E-state index in [2.05, 4.69) is 57.6 Å². The topological polar surface area (TPSA) is 107 Å². The van der Waals surface area contributed by atoms with Gasteiger partial charge in [-0.05, 0) is 43.0 Å². The Morgan fingerprint density at radius 2 is 1.83 bits per heavy atom. The van der Waals surface area contributed by atoms with Crippen LogP contribution < -0.4 is 5.73 Å². The number of morpholine rings is 1. The quantitative estimate of drug-likeness (QED) is 0.334. The minimum atomic E-state index is -0.121. The predicted octanol–water partition coefficient (Wildman–Crippen LogP) is 3.80. The summed E-state index contributed by atoms with van der Waals surface area (Å²) in [4.78, 5) is 21.9. The van der Waals surface area contributed by atoms with Gasteiger partial charge in [0.25, 0.3) is 0 Å². The molecule has 1 atom stereocenters. The molecule has 216 valence electrons. The van der Waals surface area contributed by atoms with Crippen molar-refractivity contribution in [2.45, 2.75) is 38.3 Å². The van der Waals surface area contributed by atoms with Crippen LogP contribution in [0, 0.1) is 0 Å². The van der Waals surface area contributed by atoms with Gasteiger partial charge in [-0.2, -0.15) is 10.2 Å². The maximum atomic E-state index is 13.3. The summed E-state index contributed by atoms with van der Waals surface area (Å²) in [7, 11) is 0. The van der Waals surface area contributed by atoms with Gasteiger partial charge in [-0.3, -0.25) is 14.4 Å². The summed E-state index contributed by atoms with van der Waals surface area (Å²) in [5, 5.41) is 10.6. The number of amides is 1. The number of fused-ring (bicyclic) bond motifs is 2. The van der Waals surface area contributed by atoms with Crippen LogP contribution in [0.15, 0.2) is 67.1 Å². The molecule has 42 heavy (non-hydrogen) atoms. The van der Waals surface area contributed by atoms with Crippen molar-refractivity contribution in [3.63, 3.8) is 0 Å². The van der Waals surface area contributed by atoms with Gasteiger partial charge in [0.15, 0.2) is 5.82 Å². The summed E-state index contributed by atoms with van der Waals surface area (Å²) >= 11 is 0. The van der Waals surface area contributed by atoms with Gasteiger partial charge in [0.05, 0.1) is 31.3 Å². The third-order valence-electron chi connectivity index (χ3n) is 8.84. The molecule has 0 bridgehead atoms. The molecule has 3 aromatic heterocycles. The number of hydrogen-bond donors (Lipinski definition) is 1. The van der Waals surface area contributed by atoms with Crippen molar-refractivity contribution in [1.82, 2.24) is 34.2 Å². The van der Waals surface area contributed by atoms with E-state index >= 15 is 0 Å². The van der Waals surface area contributed by atoms with E-state index in [0.29, 0.717) is 19.0 Å². The third kappa shape index (κ3) is 5.01. The number of anilines is 1. The molecule has 0 spiro atoms. The molecule has 2 aromatic carbocycles. The predicted molar refractivity (Wildman–Crippen MR) is 162 cm³/mol. The minimum Gasteiger partial charge on any atom is -0.382 e. The van der Waals surface area contributed by atoms with E-state index in [1.54, 1.807) is 0 Å². The first kappa shape index (κ1) is 26.6. The van der Waals surface area contributed by atoms with Crippen molar-refractivity contribution in [3.8, 4) is 11.1 Å². The SMILES string of the molecule is CC(C(=O)N1CCC(c2cc(-c3ccc4cn(Cc5ccccc5)nc4c3)c3c(N)ncnn23)CC1)N1CCOCC1. The first-order valence-corrected chi connectivity index (χ1v) is 14.8. The number of benzene rings is 2. The zero-order chi connectivity index (χ0) is 28.6. The molecule has 5 heterocycles. The van der Waals surface area contributed by atoms with E-state index in [-0.39, 0.29) is 17.9 Å². The number of piperidine rings is 1. The van der Waals surface area contributed by atoms with Crippen LogP contribution in [-0.4, -0.2) is 85.5 Å². The first-order valence-electron chi connectivity index (χ1n) is 14.8. The molecular formula is C32H36N8O2. The fourth-order valence-corrected chi connectivity index (χ4v) is 6.47. The van der Waals surface area contributed by atoms with E-state index < -0.39 is 0 Å². The number of likely N-dealkylation sites (tertiary alicyclic amines) is 1. The standard InChI is InChI=1S/C32H36N8O2/c1-22(37-13-15-42-16-14-37)32(41)38-11-9-24(10-12-38)29-18-27(30-31(33)34-21-35-40(29)30)25-7-8-26-20-39(36-28(26)17-25)19-23-5-3-2-4-6-23/h2-8,17-18,20-22,24H,9-16,19H2,1H3,(H2,33,34,35). The van der Waals surface area contributed by atoms with Crippen LogP contribution >= 0.6 is 0 Å². The Morgan fingerprint density at radius 1 is 1.05 bits per heavy atom. The number of hydrogen-bond acceptors (Lipinski definition) is 7. The maximum Gasteiger partial charge on any atom is 0.239 e. The summed E-state index contributed by atoms with van der Waals surface area (Å²) in [5.74, 6) is 0.924. The van der Waals surface area contributed by atoms with Crippen LogP contribution in [0.5, 0.6) is 0 Å². The monoisotopic (exact) mass is 564 g/mol. The van der Waals surface area contributed by atoms with E-state index in [9.17, 15) is 4.79 Å². The maximum absolute atomic E-state index is 13.3. The van der Waals surface area contributed by atoms with Gasteiger partial charge in [0.1, 0.15) is 11.8 Å². The molecule has 2 N–H and O–H groups in total. The second kappa shape index (κ2) is 11.2. The summed E-state index contributed by atoms with van der Waals surface area (Å²) < 4.78 is 9.41. The first-order chi connectivity index (χ1) is 20.5. The Labute approximate surface area is 244 Å². The third-order valence-corrected chi connectivity index (χ3v) is 8.84. The Kier molecular flexibility index (Phi) is 7.09. The van der Waals surface area contributed by atoms with Crippen LogP contribution in [0.4, 0.5) is 5.82 Å². The van der Waals surface area contributed by atoms with Crippen molar-refractivity contribution in [3.05, 3.63) is 78.4 Å². The molecule has 0 saturated carbocycles. The molecule has 7 rings (SSSR count). The molecule has 0 radical (unpaired) electrons. The average Bonchev–Trinajstić information content (AvgIpc) is 3.63. The van der Waals surface area contributed by atoms with Crippen LogP contribution in [0.2, 0.25) is 0 Å². The van der Waals surface area contributed by atoms with E-state index in [1.807, 2.05) is 39.2 Å². The van der Waals surface area contributed by atoms with Crippen molar-refractivity contribution in [1.29, 1.82) is 0 Å². The van der Waals surface area contributed by atoms with E-state index in [1.165, 1.54) is 11.9 Å². The number of aromatic nitrogens is 5. The number of carbonyl (C=O) groups excluding carboxylic acids is 1. The molecule has 10 heteroatoms. The van der Waals surface area contributed by atoms with Crippen LogP contribution in [0.25, 0.3) is 27.5 Å². The van der Waals surface area contributed by atoms with Gasteiger partial charge >= 0.3 is 0 Å². The fraction of sp³-hybridized carbons (Fsp3) is 0.375. The Balaban J connectivity index is 1.14.